The molecular weight excluding hydrogens is 374 g/mol. The minimum Gasteiger partial charge on any atom is -0.465 e. The van der Waals surface area contributed by atoms with Crippen LogP contribution in [0.15, 0.2) is 0 Å². The number of ether oxygens (including phenoxy) is 3. The van der Waals surface area contributed by atoms with Crippen molar-refractivity contribution in [3.63, 3.8) is 0 Å². The van der Waals surface area contributed by atoms with E-state index in [2.05, 4.69) is 41.9 Å². The Balaban J connectivity index is 5.02. The van der Waals surface area contributed by atoms with E-state index in [-0.39, 0.29) is 0 Å². The number of amides is 1. The van der Waals surface area contributed by atoms with E-state index in [0.717, 1.165) is 0 Å². The second-order valence-electron chi connectivity index (χ2n) is 4.36. The molecule has 0 aliphatic rings. The molecule has 0 fully saturated rings. The molecule has 0 aromatic rings. The first-order chi connectivity index (χ1) is 8.09. The number of esters is 1. The van der Waals surface area contributed by atoms with Crippen molar-refractivity contribution >= 4 is 43.9 Å². The Labute approximate surface area is 123 Å². The summed E-state index contributed by atoms with van der Waals surface area (Å²) < 4.78 is 14.0. The van der Waals surface area contributed by atoms with Crippen LogP contribution in [0, 0.1) is 0 Å². The van der Waals surface area contributed by atoms with Gasteiger partial charge in [0.05, 0.1) is 7.11 Å². The van der Waals surface area contributed by atoms with Crippen LogP contribution in [0.4, 0.5) is 4.79 Å². The van der Waals surface area contributed by atoms with E-state index in [1.807, 2.05) is 0 Å². The van der Waals surface area contributed by atoms with Crippen LogP contribution in [0.25, 0.3) is 0 Å². The monoisotopic (exact) mass is 389 g/mol. The first kappa shape index (κ1) is 17.7. The van der Waals surface area contributed by atoms with Gasteiger partial charge in [-0.15, -0.1) is 0 Å². The molecule has 0 radical (unpaired) electrons. The number of hydrogen-bond acceptors (Lipinski definition) is 5. The highest BCUT2D eigenvalue weighted by atomic mass is 79.9. The van der Waals surface area contributed by atoms with Crippen molar-refractivity contribution in [2.45, 2.75) is 35.8 Å². The summed E-state index contributed by atoms with van der Waals surface area (Å²) in [6.45, 7) is 5.12. The Bertz CT molecular complexity index is 316. The van der Waals surface area contributed by atoms with Crippen LogP contribution < -0.4 is 5.32 Å². The van der Waals surface area contributed by atoms with Crippen molar-refractivity contribution in [3.05, 3.63) is 0 Å². The fourth-order valence-corrected chi connectivity index (χ4v) is 2.00. The second kappa shape index (κ2) is 6.72. The average molecular weight is 391 g/mol. The molecule has 1 amide bonds. The minimum absolute atomic E-state index is 0.687. The van der Waals surface area contributed by atoms with Crippen LogP contribution in [0.5, 0.6) is 0 Å². The fourth-order valence-electron chi connectivity index (χ4n) is 1.02. The van der Waals surface area contributed by atoms with E-state index < -0.39 is 27.1 Å². The maximum absolute atomic E-state index is 11.7. The molecule has 0 rings (SSSR count). The Morgan fingerprint density at radius 2 is 1.67 bits per heavy atom. The topological polar surface area (TPSA) is 73.9 Å². The molecule has 0 aliphatic carbocycles. The van der Waals surface area contributed by atoms with Gasteiger partial charge in [-0.05, 0) is 20.8 Å². The molecule has 6 nitrogen and oxygen atoms in total. The van der Waals surface area contributed by atoms with Gasteiger partial charge in [0.2, 0.25) is 0 Å². The highest BCUT2D eigenvalue weighted by molar-refractivity contribution is 9.24. The fraction of sp³-hybridized carbons (Fsp3) is 0.800. The Morgan fingerprint density at radius 1 is 1.17 bits per heavy atom. The van der Waals surface area contributed by atoms with Crippen LogP contribution in [-0.2, 0) is 19.0 Å². The lowest BCUT2D eigenvalue weighted by molar-refractivity contribution is -0.167. The van der Waals surface area contributed by atoms with Gasteiger partial charge in [0.15, 0.2) is 0 Å². The molecule has 0 aromatic heterocycles. The van der Waals surface area contributed by atoms with Crippen molar-refractivity contribution in [2.24, 2.45) is 0 Å². The van der Waals surface area contributed by atoms with Gasteiger partial charge < -0.3 is 14.2 Å². The SMILES string of the molecule is COC(=O)C(NC(=O)OC(C)(C)C)(OC)C(Br)Br. The number of alkyl halides is 2. The second-order valence-corrected chi connectivity index (χ2v) is 7.42. The number of rotatable bonds is 4. The van der Waals surface area contributed by atoms with Crippen molar-refractivity contribution < 1.29 is 23.8 Å². The first-order valence-electron chi connectivity index (χ1n) is 5.02. The molecule has 1 N–H and O–H groups in total. The molecule has 8 heteroatoms. The third-order valence-electron chi connectivity index (χ3n) is 1.80. The van der Waals surface area contributed by atoms with Crippen molar-refractivity contribution in [1.82, 2.24) is 5.32 Å². The van der Waals surface area contributed by atoms with E-state index in [1.165, 1.54) is 14.2 Å². The predicted octanol–water partition coefficient (Wildman–Crippen LogP) is 2.14. The molecule has 18 heavy (non-hydrogen) atoms. The lowest BCUT2D eigenvalue weighted by atomic mass is 10.2. The predicted molar refractivity (Wildman–Crippen MR) is 72.8 cm³/mol. The van der Waals surface area contributed by atoms with Crippen molar-refractivity contribution in [2.75, 3.05) is 14.2 Å². The Morgan fingerprint density at radius 3 is 1.94 bits per heavy atom. The molecule has 106 valence electrons. The summed E-state index contributed by atoms with van der Waals surface area (Å²) in [5.74, 6) is -0.769. The summed E-state index contributed by atoms with van der Waals surface area (Å²) >= 11 is 6.26. The number of carbonyl (C=O) groups excluding carboxylic acids is 2. The maximum atomic E-state index is 11.7. The number of halogens is 2. The van der Waals surface area contributed by atoms with Crippen LogP contribution >= 0.6 is 31.9 Å². The smallest absolute Gasteiger partial charge is 0.410 e. The Kier molecular flexibility index (Phi) is 6.59. The zero-order valence-corrected chi connectivity index (χ0v) is 14.0. The molecule has 1 unspecified atom stereocenters. The van der Waals surface area contributed by atoms with Gasteiger partial charge in [-0.25, -0.2) is 9.59 Å². The van der Waals surface area contributed by atoms with Gasteiger partial charge >= 0.3 is 12.1 Å². The minimum atomic E-state index is -1.71. The molecule has 0 saturated carbocycles. The first-order valence-corrected chi connectivity index (χ1v) is 6.85. The number of alkyl carbamates (subject to hydrolysis) is 1. The average Bonchev–Trinajstić information content (AvgIpc) is 2.21. The van der Waals surface area contributed by atoms with E-state index in [9.17, 15) is 9.59 Å². The summed E-state index contributed by atoms with van der Waals surface area (Å²) in [6, 6.07) is 0. The number of methoxy groups -OCH3 is 2. The molecule has 0 bridgehead atoms. The normalized spacial score (nSPS) is 14.9. The maximum Gasteiger partial charge on any atom is 0.410 e. The highest BCUT2D eigenvalue weighted by Crippen LogP contribution is 2.27. The van der Waals surface area contributed by atoms with Crippen molar-refractivity contribution in [3.8, 4) is 0 Å². The third-order valence-corrected chi connectivity index (χ3v) is 3.09. The summed E-state index contributed by atoms with van der Waals surface area (Å²) in [7, 11) is 2.46. The Hall–Kier alpha value is -0.340. The quantitative estimate of drug-likeness (QED) is 0.452. The van der Waals surface area contributed by atoms with E-state index in [0.29, 0.717) is 0 Å². The summed E-state index contributed by atoms with van der Waals surface area (Å²) in [5.41, 5.74) is -2.40. The van der Waals surface area contributed by atoms with E-state index >= 15 is 0 Å². The van der Waals surface area contributed by atoms with E-state index in [4.69, 9.17) is 9.47 Å². The molecule has 0 saturated heterocycles. The van der Waals surface area contributed by atoms with Gasteiger partial charge in [0, 0.05) is 7.11 Å². The van der Waals surface area contributed by atoms with Crippen LogP contribution in [0.3, 0.4) is 0 Å². The van der Waals surface area contributed by atoms with E-state index in [1.54, 1.807) is 20.8 Å². The van der Waals surface area contributed by atoms with Crippen LogP contribution in [0.1, 0.15) is 20.8 Å². The van der Waals surface area contributed by atoms with Crippen LogP contribution in [0.2, 0.25) is 0 Å². The number of carbonyl (C=O) groups is 2. The summed E-state index contributed by atoms with van der Waals surface area (Å²) in [6.07, 6.45) is -0.793. The molecule has 0 aromatic carbocycles. The van der Waals surface area contributed by atoms with Gasteiger partial charge in [0.25, 0.3) is 5.72 Å². The lowest BCUT2D eigenvalue weighted by Crippen LogP contribution is -2.61. The standard InChI is InChI=1S/C10H17Br2NO5/c1-9(2,3)18-8(15)13-10(17-5,6(11)12)7(14)16-4/h6H,1-5H3,(H,13,15). The van der Waals surface area contributed by atoms with Gasteiger partial charge in [-0.1, -0.05) is 31.9 Å². The summed E-state index contributed by atoms with van der Waals surface area (Å²) in [4.78, 5) is 23.4. The molecule has 1 atom stereocenters. The van der Waals surface area contributed by atoms with Gasteiger partial charge in [0.1, 0.15) is 9.34 Å². The van der Waals surface area contributed by atoms with Crippen LogP contribution in [-0.4, -0.2) is 41.3 Å². The zero-order chi connectivity index (χ0) is 14.6. The zero-order valence-electron chi connectivity index (χ0n) is 10.9. The number of hydrogen-bond donors (Lipinski definition) is 1. The molecule has 0 heterocycles. The van der Waals surface area contributed by atoms with Gasteiger partial charge in [-0.2, -0.15) is 0 Å². The van der Waals surface area contributed by atoms with Gasteiger partial charge in [-0.3, -0.25) is 5.32 Å². The largest absolute Gasteiger partial charge is 0.465 e. The van der Waals surface area contributed by atoms with Crippen molar-refractivity contribution in [1.29, 1.82) is 0 Å². The molecule has 0 spiro atoms. The number of nitrogens with one attached hydrogen (secondary N) is 1. The lowest BCUT2D eigenvalue weighted by Gasteiger charge is -2.32. The summed E-state index contributed by atoms with van der Waals surface area (Å²) in [5, 5.41) is 2.34. The highest BCUT2D eigenvalue weighted by Gasteiger charge is 2.48. The molecule has 0 aliphatic heterocycles. The molecular formula is C10H17Br2NO5. The third kappa shape index (κ3) is 4.74.